The molecule has 1 N–H and O–H groups in total. The lowest BCUT2D eigenvalue weighted by Gasteiger charge is -2.21. The van der Waals surface area contributed by atoms with Crippen LogP contribution >= 0.6 is 0 Å². The number of amides is 1. The summed E-state index contributed by atoms with van der Waals surface area (Å²) >= 11 is 0. The van der Waals surface area contributed by atoms with Crippen molar-refractivity contribution >= 4 is 28.6 Å². The number of rotatable bonds is 8. The molecule has 27 heavy (non-hydrogen) atoms. The Labute approximate surface area is 158 Å². The molecule has 0 spiro atoms. The number of nitrogens with one attached hydrogen (secondary N) is 1. The van der Waals surface area contributed by atoms with E-state index in [2.05, 4.69) is 5.32 Å². The van der Waals surface area contributed by atoms with Crippen LogP contribution in [-0.4, -0.2) is 37.6 Å². The average Bonchev–Trinajstić information content (AvgIpc) is 2.69. The van der Waals surface area contributed by atoms with Crippen LogP contribution in [0.5, 0.6) is 0 Å². The molecule has 0 saturated carbocycles. The van der Waals surface area contributed by atoms with E-state index < -0.39 is 30.5 Å². The summed E-state index contributed by atoms with van der Waals surface area (Å²) in [4.78, 5) is 36.0. The molecule has 1 amide bonds. The van der Waals surface area contributed by atoms with Crippen molar-refractivity contribution in [3.05, 3.63) is 48.0 Å². The van der Waals surface area contributed by atoms with Crippen molar-refractivity contribution in [2.75, 3.05) is 13.7 Å². The Morgan fingerprint density at radius 1 is 1.07 bits per heavy atom. The van der Waals surface area contributed by atoms with Gasteiger partial charge in [-0.3, -0.25) is 9.59 Å². The van der Waals surface area contributed by atoms with E-state index in [1.54, 1.807) is 0 Å². The third-order valence-corrected chi connectivity index (χ3v) is 4.56. The van der Waals surface area contributed by atoms with E-state index in [9.17, 15) is 14.4 Å². The van der Waals surface area contributed by atoms with E-state index in [-0.39, 0.29) is 12.3 Å². The molecule has 6 nitrogen and oxygen atoms in total. The summed E-state index contributed by atoms with van der Waals surface area (Å²) < 4.78 is 9.80. The number of ether oxygens (including phenoxy) is 2. The van der Waals surface area contributed by atoms with Gasteiger partial charge in [0, 0.05) is 0 Å². The van der Waals surface area contributed by atoms with Gasteiger partial charge >= 0.3 is 11.9 Å². The van der Waals surface area contributed by atoms with E-state index in [0.29, 0.717) is 6.42 Å². The van der Waals surface area contributed by atoms with Crippen LogP contribution < -0.4 is 5.32 Å². The monoisotopic (exact) mass is 371 g/mol. The average molecular weight is 371 g/mol. The summed E-state index contributed by atoms with van der Waals surface area (Å²) in [5, 5.41) is 4.59. The van der Waals surface area contributed by atoms with Crippen molar-refractivity contribution < 1.29 is 23.9 Å². The molecule has 2 aromatic carbocycles. The fourth-order valence-corrected chi connectivity index (χ4v) is 2.81. The predicted molar refractivity (Wildman–Crippen MR) is 102 cm³/mol. The maximum Gasteiger partial charge on any atom is 0.328 e. The quantitative estimate of drug-likeness (QED) is 0.722. The van der Waals surface area contributed by atoms with Gasteiger partial charge in [0.15, 0.2) is 6.61 Å². The zero-order valence-electron chi connectivity index (χ0n) is 15.9. The third-order valence-electron chi connectivity index (χ3n) is 4.56. The summed E-state index contributed by atoms with van der Waals surface area (Å²) in [5.41, 5.74) is 0.838. The number of hydrogen-bond donors (Lipinski definition) is 1. The second-order valence-corrected chi connectivity index (χ2v) is 6.43. The lowest BCUT2D eigenvalue weighted by atomic mass is 9.99. The molecule has 0 unspecified atom stereocenters. The van der Waals surface area contributed by atoms with Gasteiger partial charge in [0.2, 0.25) is 0 Å². The molecular weight excluding hydrogens is 346 g/mol. The van der Waals surface area contributed by atoms with Gasteiger partial charge in [-0.2, -0.15) is 0 Å². The molecule has 0 aromatic heterocycles. The fourth-order valence-electron chi connectivity index (χ4n) is 2.81. The van der Waals surface area contributed by atoms with E-state index in [0.717, 1.165) is 16.3 Å². The van der Waals surface area contributed by atoms with Crippen LogP contribution in [0.15, 0.2) is 42.5 Å². The van der Waals surface area contributed by atoms with Crippen molar-refractivity contribution in [2.45, 2.75) is 32.7 Å². The Kier molecular flexibility index (Phi) is 7.34. The first-order chi connectivity index (χ1) is 13.0. The highest BCUT2D eigenvalue weighted by atomic mass is 16.5. The molecule has 0 radical (unpaired) electrons. The second kappa shape index (κ2) is 9.71. The highest BCUT2D eigenvalue weighted by molar-refractivity contribution is 5.90. The van der Waals surface area contributed by atoms with Crippen molar-refractivity contribution in [2.24, 2.45) is 5.92 Å². The van der Waals surface area contributed by atoms with E-state index in [1.807, 2.05) is 56.3 Å². The molecule has 0 bridgehead atoms. The molecule has 0 saturated heterocycles. The van der Waals surface area contributed by atoms with Crippen molar-refractivity contribution in [3.63, 3.8) is 0 Å². The van der Waals surface area contributed by atoms with Gasteiger partial charge in [-0.25, -0.2) is 4.79 Å². The van der Waals surface area contributed by atoms with Crippen LogP contribution in [0.4, 0.5) is 0 Å². The normalized spacial score (nSPS) is 12.9. The Bertz CT molecular complexity index is 812. The lowest BCUT2D eigenvalue weighted by molar-refractivity contribution is -0.150. The van der Waals surface area contributed by atoms with Crippen LogP contribution in [0.25, 0.3) is 10.8 Å². The number of esters is 2. The topological polar surface area (TPSA) is 81.7 Å². The van der Waals surface area contributed by atoms with E-state index in [4.69, 9.17) is 9.47 Å². The van der Waals surface area contributed by atoms with E-state index >= 15 is 0 Å². The second-order valence-electron chi connectivity index (χ2n) is 6.43. The Hall–Kier alpha value is -2.89. The minimum Gasteiger partial charge on any atom is -0.467 e. The molecular formula is C21H25NO5. The molecule has 144 valence electrons. The Morgan fingerprint density at radius 3 is 2.48 bits per heavy atom. The van der Waals surface area contributed by atoms with Gasteiger partial charge in [-0.1, -0.05) is 62.7 Å². The first-order valence-electron chi connectivity index (χ1n) is 8.95. The van der Waals surface area contributed by atoms with Gasteiger partial charge in [0.05, 0.1) is 13.5 Å². The minimum atomic E-state index is -0.760. The van der Waals surface area contributed by atoms with Gasteiger partial charge < -0.3 is 14.8 Å². The number of hydrogen-bond acceptors (Lipinski definition) is 5. The summed E-state index contributed by atoms with van der Waals surface area (Å²) in [6.45, 7) is 3.32. The fraction of sp³-hybridized carbons (Fsp3) is 0.381. The highest BCUT2D eigenvalue weighted by Gasteiger charge is 2.26. The number of carbonyl (C=O) groups excluding carboxylic acids is 3. The van der Waals surface area contributed by atoms with Crippen LogP contribution in [0.2, 0.25) is 0 Å². The number of methoxy groups -OCH3 is 1. The van der Waals surface area contributed by atoms with Crippen LogP contribution in [0, 0.1) is 5.92 Å². The highest BCUT2D eigenvalue weighted by Crippen LogP contribution is 2.19. The van der Waals surface area contributed by atoms with Crippen LogP contribution in [0.1, 0.15) is 25.8 Å². The Balaban J connectivity index is 1.92. The first-order valence-corrected chi connectivity index (χ1v) is 8.95. The molecule has 0 aliphatic rings. The predicted octanol–water partition coefficient (Wildman–Crippen LogP) is 2.63. The zero-order chi connectivity index (χ0) is 19.8. The third kappa shape index (κ3) is 5.54. The molecule has 6 heteroatoms. The summed E-state index contributed by atoms with van der Waals surface area (Å²) in [6.07, 6.45) is 0.765. The van der Waals surface area contributed by atoms with Crippen molar-refractivity contribution in [3.8, 4) is 0 Å². The van der Waals surface area contributed by atoms with Gasteiger partial charge in [0.1, 0.15) is 6.04 Å². The number of fused-ring (bicyclic) bond motifs is 1. The van der Waals surface area contributed by atoms with Crippen LogP contribution in [-0.2, 0) is 30.3 Å². The first kappa shape index (κ1) is 20.4. The summed E-state index contributed by atoms with van der Waals surface area (Å²) in [7, 11) is 1.27. The van der Waals surface area contributed by atoms with Gasteiger partial charge in [0.25, 0.3) is 5.91 Å². The van der Waals surface area contributed by atoms with Gasteiger partial charge in [-0.05, 0) is 22.3 Å². The molecule has 0 fully saturated rings. The molecule has 2 atom stereocenters. The van der Waals surface area contributed by atoms with Crippen molar-refractivity contribution in [1.29, 1.82) is 0 Å². The zero-order valence-corrected chi connectivity index (χ0v) is 15.9. The van der Waals surface area contributed by atoms with E-state index in [1.165, 1.54) is 7.11 Å². The number of benzene rings is 2. The standard InChI is InChI=1S/C21H25NO5/c1-4-14(2)20(21(25)26-3)22-18(23)13-27-19(24)12-16-10-7-9-15-8-5-6-11-17(15)16/h5-11,14,20H,4,12-13H2,1-3H3,(H,22,23)/t14-,20+/m1/s1. The van der Waals surface area contributed by atoms with Crippen molar-refractivity contribution in [1.82, 2.24) is 5.32 Å². The minimum absolute atomic E-state index is 0.0699. The summed E-state index contributed by atoms with van der Waals surface area (Å²) in [6, 6.07) is 12.7. The SMILES string of the molecule is CC[C@@H](C)[C@H](NC(=O)COC(=O)Cc1cccc2ccccc12)C(=O)OC. The molecule has 2 aromatic rings. The number of carbonyl (C=O) groups is 3. The molecule has 0 heterocycles. The molecule has 0 aliphatic carbocycles. The maximum atomic E-state index is 12.1. The smallest absolute Gasteiger partial charge is 0.328 e. The maximum absolute atomic E-state index is 12.1. The molecule has 2 rings (SSSR count). The Morgan fingerprint density at radius 2 is 1.78 bits per heavy atom. The lowest BCUT2D eigenvalue weighted by Crippen LogP contribution is -2.47. The van der Waals surface area contributed by atoms with Gasteiger partial charge in [-0.15, -0.1) is 0 Å². The molecule has 0 aliphatic heterocycles. The largest absolute Gasteiger partial charge is 0.467 e. The van der Waals surface area contributed by atoms with Crippen LogP contribution in [0.3, 0.4) is 0 Å². The summed E-state index contributed by atoms with van der Waals surface area (Å²) in [5.74, 6) is -1.64.